The first-order chi connectivity index (χ1) is 7.16. The molecule has 2 rings (SSSR count). The number of carbonyl (C=O) groups is 1. The molecule has 86 valence electrons. The van der Waals surface area contributed by atoms with E-state index in [0.29, 0.717) is 0 Å². The summed E-state index contributed by atoms with van der Waals surface area (Å²) in [5.74, 6) is 1.88. The molecule has 0 spiro atoms. The molecule has 0 aromatic rings. The molecule has 1 amide bonds. The van der Waals surface area contributed by atoms with Gasteiger partial charge in [-0.2, -0.15) is 0 Å². The minimum atomic E-state index is 0.0333. The topological polar surface area (TPSA) is 32.3 Å². The first-order valence-corrected chi connectivity index (χ1v) is 6.19. The second kappa shape index (κ2) is 4.52. The van der Waals surface area contributed by atoms with Gasteiger partial charge >= 0.3 is 0 Å². The fourth-order valence-corrected chi connectivity index (χ4v) is 2.88. The van der Waals surface area contributed by atoms with Crippen molar-refractivity contribution in [3.05, 3.63) is 0 Å². The first kappa shape index (κ1) is 10.9. The van der Waals surface area contributed by atoms with Crippen LogP contribution in [0, 0.1) is 11.8 Å². The van der Waals surface area contributed by atoms with Crippen molar-refractivity contribution in [1.29, 1.82) is 0 Å². The van der Waals surface area contributed by atoms with Crippen molar-refractivity contribution < 1.29 is 4.79 Å². The van der Waals surface area contributed by atoms with Crippen molar-refractivity contribution in [3.63, 3.8) is 0 Å². The van der Waals surface area contributed by atoms with E-state index < -0.39 is 0 Å². The number of rotatable bonds is 2. The van der Waals surface area contributed by atoms with Crippen molar-refractivity contribution in [2.45, 2.75) is 45.6 Å². The molecule has 3 nitrogen and oxygen atoms in total. The molecule has 0 radical (unpaired) electrons. The van der Waals surface area contributed by atoms with Crippen molar-refractivity contribution in [2.24, 2.45) is 11.8 Å². The standard InChI is InChI=1S/C12H22N2O/c1-9-4-3-5-11(6-9)7-14-8-13-10(2)12(14)15/h9-11,13H,3-8H2,1-2H3. The number of hydrogen-bond acceptors (Lipinski definition) is 2. The van der Waals surface area contributed by atoms with Gasteiger partial charge in [0, 0.05) is 6.54 Å². The van der Waals surface area contributed by atoms with Crippen molar-refractivity contribution in [3.8, 4) is 0 Å². The number of hydrogen-bond donors (Lipinski definition) is 1. The SMILES string of the molecule is CC1CCCC(CN2CNC(C)C2=O)C1. The lowest BCUT2D eigenvalue weighted by Gasteiger charge is -2.29. The Labute approximate surface area is 92.2 Å². The molecule has 3 heteroatoms. The van der Waals surface area contributed by atoms with Gasteiger partial charge in [-0.1, -0.05) is 19.8 Å². The van der Waals surface area contributed by atoms with Crippen LogP contribution >= 0.6 is 0 Å². The number of nitrogens with one attached hydrogen (secondary N) is 1. The van der Waals surface area contributed by atoms with E-state index in [2.05, 4.69) is 12.2 Å². The third-order valence-electron chi connectivity index (χ3n) is 3.79. The minimum Gasteiger partial charge on any atom is -0.328 e. The van der Waals surface area contributed by atoms with E-state index in [-0.39, 0.29) is 11.9 Å². The van der Waals surface area contributed by atoms with Gasteiger partial charge in [0.2, 0.25) is 5.91 Å². The molecule has 1 saturated carbocycles. The van der Waals surface area contributed by atoms with Gasteiger partial charge in [0.15, 0.2) is 0 Å². The first-order valence-electron chi connectivity index (χ1n) is 6.19. The Morgan fingerprint density at radius 1 is 1.40 bits per heavy atom. The predicted octanol–water partition coefficient (Wildman–Crippen LogP) is 1.59. The summed E-state index contributed by atoms with van der Waals surface area (Å²) in [6.45, 7) is 6.01. The van der Waals surface area contributed by atoms with E-state index in [1.165, 1.54) is 25.7 Å². The molecule has 1 heterocycles. The van der Waals surface area contributed by atoms with Gasteiger partial charge in [-0.15, -0.1) is 0 Å². The van der Waals surface area contributed by atoms with E-state index in [4.69, 9.17) is 0 Å². The lowest BCUT2D eigenvalue weighted by molar-refractivity contribution is -0.129. The minimum absolute atomic E-state index is 0.0333. The summed E-state index contributed by atoms with van der Waals surface area (Å²) < 4.78 is 0. The molecule has 2 aliphatic rings. The Balaban J connectivity index is 1.83. The number of nitrogens with zero attached hydrogens (tertiary/aromatic N) is 1. The van der Waals surface area contributed by atoms with Crippen LogP contribution in [0.25, 0.3) is 0 Å². The van der Waals surface area contributed by atoms with Gasteiger partial charge < -0.3 is 4.90 Å². The lowest BCUT2D eigenvalue weighted by atomic mass is 9.82. The van der Waals surface area contributed by atoms with E-state index in [0.717, 1.165) is 25.0 Å². The summed E-state index contributed by atoms with van der Waals surface area (Å²) in [5.41, 5.74) is 0. The van der Waals surface area contributed by atoms with Crippen LogP contribution in [-0.4, -0.2) is 30.1 Å². The van der Waals surface area contributed by atoms with Crippen LogP contribution in [0.3, 0.4) is 0 Å². The van der Waals surface area contributed by atoms with Crippen LogP contribution < -0.4 is 5.32 Å². The Morgan fingerprint density at radius 2 is 2.20 bits per heavy atom. The van der Waals surface area contributed by atoms with Crippen molar-refractivity contribution in [2.75, 3.05) is 13.2 Å². The second-order valence-electron chi connectivity index (χ2n) is 5.28. The highest BCUT2D eigenvalue weighted by Crippen LogP contribution is 2.29. The zero-order valence-electron chi connectivity index (χ0n) is 9.83. The quantitative estimate of drug-likeness (QED) is 0.750. The largest absolute Gasteiger partial charge is 0.328 e. The van der Waals surface area contributed by atoms with E-state index in [9.17, 15) is 4.79 Å². The van der Waals surface area contributed by atoms with Crippen LogP contribution in [-0.2, 0) is 4.79 Å². The predicted molar refractivity (Wildman–Crippen MR) is 60.3 cm³/mol. The van der Waals surface area contributed by atoms with E-state index >= 15 is 0 Å². The van der Waals surface area contributed by atoms with Crippen molar-refractivity contribution in [1.82, 2.24) is 10.2 Å². The Kier molecular flexibility index (Phi) is 3.29. The van der Waals surface area contributed by atoms with Crippen LogP contribution in [0.15, 0.2) is 0 Å². The maximum atomic E-state index is 11.7. The highest BCUT2D eigenvalue weighted by Gasteiger charge is 2.30. The highest BCUT2D eigenvalue weighted by molar-refractivity contribution is 5.83. The summed E-state index contributed by atoms with van der Waals surface area (Å²) in [7, 11) is 0. The molecular weight excluding hydrogens is 188 g/mol. The molecular formula is C12H22N2O. The highest BCUT2D eigenvalue weighted by atomic mass is 16.2. The molecule has 0 aromatic carbocycles. The number of amides is 1. The lowest BCUT2D eigenvalue weighted by Crippen LogP contribution is -2.34. The Hall–Kier alpha value is -0.570. The molecule has 0 bridgehead atoms. The third kappa shape index (κ3) is 2.51. The fraction of sp³-hybridized carbons (Fsp3) is 0.917. The van der Waals surface area contributed by atoms with Crippen LogP contribution in [0.4, 0.5) is 0 Å². The summed E-state index contributed by atoms with van der Waals surface area (Å²) in [4.78, 5) is 13.7. The second-order valence-corrected chi connectivity index (χ2v) is 5.28. The smallest absolute Gasteiger partial charge is 0.240 e. The maximum absolute atomic E-state index is 11.7. The van der Waals surface area contributed by atoms with E-state index in [1.54, 1.807) is 0 Å². The molecule has 0 aromatic heterocycles. The van der Waals surface area contributed by atoms with Crippen molar-refractivity contribution >= 4 is 5.91 Å². The van der Waals surface area contributed by atoms with Gasteiger partial charge in [-0.3, -0.25) is 10.1 Å². The van der Waals surface area contributed by atoms with Gasteiger partial charge in [-0.05, 0) is 31.6 Å². The fourth-order valence-electron chi connectivity index (χ4n) is 2.88. The molecule has 15 heavy (non-hydrogen) atoms. The number of carbonyl (C=O) groups excluding carboxylic acids is 1. The average Bonchev–Trinajstić information content (AvgIpc) is 2.50. The Bertz CT molecular complexity index is 242. The van der Waals surface area contributed by atoms with Gasteiger partial charge in [0.05, 0.1) is 12.7 Å². The zero-order chi connectivity index (χ0) is 10.8. The average molecular weight is 210 g/mol. The molecule has 1 saturated heterocycles. The molecule has 3 unspecified atom stereocenters. The monoisotopic (exact) mass is 210 g/mol. The van der Waals surface area contributed by atoms with Crippen LogP contribution in [0.5, 0.6) is 0 Å². The molecule has 1 N–H and O–H groups in total. The normalized spacial score (nSPS) is 37.3. The van der Waals surface area contributed by atoms with Gasteiger partial charge in [0.1, 0.15) is 0 Å². The molecule has 2 fully saturated rings. The van der Waals surface area contributed by atoms with Gasteiger partial charge in [-0.25, -0.2) is 0 Å². The van der Waals surface area contributed by atoms with Gasteiger partial charge in [0.25, 0.3) is 0 Å². The van der Waals surface area contributed by atoms with Crippen LogP contribution in [0.1, 0.15) is 39.5 Å². The third-order valence-corrected chi connectivity index (χ3v) is 3.79. The molecule has 1 aliphatic carbocycles. The summed E-state index contributed by atoms with van der Waals surface area (Å²) in [6.07, 6.45) is 5.33. The zero-order valence-corrected chi connectivity index (χ0v) is 9.83. The van der Waals surface area contributed by atoms with Crippen LogP contribution in [0.2, 0.25) is 0 Å². The summed E-state index contributed by atoms with van der Waals surface area (Å²) in [5, 5.41) is 3.20. The molecule has 1 aliphatic heterocycles. The summed E-state index contributed by atoms with van der Waals surface area (Å²) >= 11 is 0. The maximum Gasteiger partial charge on any atom is 0.240 e. The summed E-state index contributed by atoms with van der Waals surface area (Å²) in [6, 6.07) is 0.0333. The molecule has 3 atom stereocenters. The van der Waals surface area contributed by atoms with E-state index in [1.807, 2.05) is 11.8 Å². The Morgan fingerprint density at radius 3 is 2.80 bits per heavy atom.